The van der Waals surface area contributed by atoms with Crippen LogP contribution in [0.25, 0.3) is 0 Å². The molecule has 0 radical (unpaired) electrons. The van der Waals surface area contributed by atoms with Crippen LogP contribution in [0.4, 0.5) is 0 Å². The first kappa shape index (κ1) is 62.2. The molecule has 2 rings (SSSR count). The van der Waals surface area contributed by atoms with E-state index in [9.17, 15) is 69.1 Å². The summed E-state index contributed by atoms with van der Waals surface area (Å²) in [4.78, 5) is 56.7. The maximum atomic E-state index is 13.7. The van der Waals surface area contributed by atoms with Crippen LogP contribution in [-0.4, -0.2) is 137 Å². The number of aliphatic hydroxyl groups is 7. The van der Waals surface area contributed by atoms with Crippen molar-refractivity contribution in [3.63, 3.8) is 0 Å². The Morgan fingerprint density at radius 2 is 1.44 bits per heavy atom. The van der Waals surface area contributed by atoms with E-state index >= 15 is 0 Å². The van der Waals surface area contributed by atoms with Crippen LogP contribution in [0.3, 0.4) is 0 Å². The predicted octanol–water partition coefficient (Wildman–Crippen LogP) is 5.89. The van der Waals surface area contributed by atoms with Crippen molar-refractivity contribution in [1.82, 2.24) is 0 Å². The summed E-state index contributed by atoms with van der Waals surface area (Å²) in [5.41, 5.74) is 0. The first-order valence-corrected chi connectivity index (χ1v) is 27.8. The number of hydrogen-bond donors (Lipinski definition) is 10. The number of esters is 2. The SMILES string of the molecule is CCCCC/C=C\C/C=C\CCCCCCCC(=O)OC[C@@H]1COP(=O)(O)O[C@H]2[C@H](O)[C@@H](O)[C@H](O)[C@@H](CCCCCCC(=O)O1)[C@@H](O)C[C@@H](O)[C@H](C=C[C@@H](O)CCCCC)[C@@H](O)[C@H]2OP(=O)(O)O. The number of phosphoric acid groups is 2. The van der Waals surface area contributed by atoms with Gasteiger partial charge in [0.15, 0.2) is 6.10 Å². The minimum absolute atomic E-state index is 0.0272. The van der Waals surface area contributed by atoms with Crippen molar-refractivity contribution >= 4 is 27.6 Å². The second-order valence-corrected chi connectivity index (χ2v) is 20.7. The zero-order valence-electron chi connectivity index (χ0n) is 40.1. The van der Waals surface area contributed by atoms with E-state index in [-0.39, 0.29) is 25.7 Å². The van der Waals surface area contributed by atoms with Gasteiger partial charge >= 0.3 is 27.6 Å². The van der Waals surface area contributed by atoms with Gasteiger partial charge in [-0.3, -0.25) is 23.2 Å². The molecule has 0 aromatic rings. The maximum absolute atomic E-state index is 13.7. The number of carbonyl (C=O) groups excluding carboxylic acids is 2. The molecule has 13 atom stereocenters. The molecular formula is C47H84O19P2. The summed E-state index contributed by atoms with van der Waals surface area (Å²) in [5.74, 6) is -4.37. The number of cyclic esters (lactones) is 1. The summed E-state index contributed by atoms with van der Waals surface area (Å²) < 4.78 is 52.2. The van der Waals surface area contributed by atoms with Gasteiger partial charge in [-0.05, 0) is 57.8 Å². The summed E-state index contributed by atoms with van der Waals surface area (Å²) in [7, 11) is -11.4. The van der Waals surface area contributed by atoms with Crippen LogP contribution in [-0.2, 0) is 41.8 Å². The molecule has 68 heavy (non-hydrogen) atoms. The fourth-order valence-corrected chi connectivity index (χ4v) is 9.85. The average Bonchev–Trinajstić information content (AvgIpc) is 3.28. The molecule has 0 spiro atoms. The van der Waals surface area contributed by atoms with Crippen LogP contribution in [0.2, 0.25) is 0 Å². The Kier molecular flexibility index (Phi) is 31.5. The van der Waals surface area contributed by atoms with Gasteiger partial charge < -0.3 is 59.9 Å². The van der Waals surface area contributed by atoms with Gasteiger partial charge in [0, 0.05) is 31.1 Å². The summed E-state index contributed by atoms with van der Waals surface area (Å²) in [6.45, 7) is 2.57. The van der Waals surface area contributed by atoms with E-state index in [4.69, 9.17) is 23.0 Å². The number of allylic oxidation sites excluding steroid dienone is 4. The van der Waals surface area contributed by atoms with Gasteiger partial charge in [0.25, 0.3) is 0 Å². The smallest absolute Gasteiger partial charge is 0.462 e. The number of phosphoric ester groups is 2. The average molecular weight is 1020 g/mol. The molecule has 2 fully saturated rings. The van der Waals surface area contributed by atoms with E-state index in [0.717, 1.165) is 63.9 Å². The van der Waals surface area contributed by atoms with Crippen LogP contribution < -0.4 is 0 Å². The fourth-order valence-electron chi connectivity index (χ4n) is 8.32. The lowest BCUT2D eigenvalue weighted by molar-refractivity contribution is -0.166. The molecule has 1 aliphatic carbocycles. The van der Waals surface area contributed by atoms with Gasteiger partial charge in [0.1, 0.15) is 31.0 Å². The Labute approximate surface area is 402 Å². The molecule has 396 valence electrons. The van der Waals surface area contributed by atoms with Crippen molar-refractivity contribution in [2.24, 2.45) is 11.8 Å². The Balaban J connectivity index is 2.30. The Hall–Kier alpha value is -1.90. The van der Waals surface area contributed by atoms with E-state index in [1.54, 1.807) is 0 Å². The number of aliphatic hydroxyl groups excluding tert-OH is 7. The van der Waals surface area contributed by atoms with Crippen molar-refractivity contribution in [1.29, 1.82) is 0 Å². The molecule has 2 aliphatic rings. The summed E-state index contributed by atoms with van der Waals surface area (Å²) in [6.07, 6.45) is 4.49. The van der Waals surface area contributed by atoms with Crippen LogP contribution in [0.15, 0.2) is 36.5 Å². The third-order valence-electron chi connectivity index (χ3n) is 12.3. The highest BCUT2D eigenvalue weighted by Gasteiger charge is 2.51. The van der Waals surface area contributed by atoms with Gasteiger partial charge in [0.05, 0.1) is 37.1 Å². The quantitative estimate of drug-likeness (QED) is 0.0233. The fraction of sp³-hybridized carbons (Fsp3) is 0.830. The molecule has 19 nitrogen and oxygen atoms in total. The van der Waals surface area contributed by atoms with Gasteiger partial charge in [-0.2, -0.15) is 0 Å². The first-order valence-electron chi connectivity index (χ1n) is 24.8. The van der Waals surface area contributed by atoms with Gasteiger partial charge in [-0.15, -0.1) is 0 Å². The highest BCUT2D eigenvalue weighted by atomic mass is 31.2. The number of rotatable bonds is 24. The van der Waals surface area contributed by atoms with Crippen molar-refractivity contribution in [2.75, 3.05) is 13.2 Å². The molecule has 0 aromatic heterocycles. The Bertz CT molecular complexity index is 1570. The molecule has 1 aliphatic heterocycles. The van der Waals surface area contributed by atoms with Crippen molar-refractivity contribution < 1.29 is 92.2 Å². The van der Waals surface area contributed by atoms with E-state index in [2.05, 4.69) is 31.2 Å². The number of fused-ring (bicyclic) bond motifs is 4. The molecule has 1 saturated carbocycles. The lowest BCUT2D eigenvalue weighted by Gasteiger charge is -2.39. The Morgan fingerprint density at radius 1 is 0.809 bits per heavy atom. The molecule has 0 amide bonds. The first-order chi connectivity index (χ1) is 32.3. The number of carbonyl (C=O) groups is 2. The lowest BCUT2D eigenvalue weighted by atomic mass is 9.82. The molecule has 0 aromatic carbocycles. The molecule has 2 bridgehead atoms. The lowest BCUT2D eigenvalue weighted by Crippen LogP contribution is -2.56. The minimum Gasteiger partial charge on any atom is -0.462 e. The third-order valence-corrected chi connectivity index (χ3v) is 13.8. The van der Waals surface area contributed by atoms with Crippen LogP contribution in [0.1, 0.15) is 162 Å². The van der Waals surface area contributed by atoms with Crippen LogP contribution in [0.5, 0.6) is 0 Å². The van der Waals surface area contributed by atoms with Crippen molar-refractivity contribution in [2.45, 2.75) is 223 Å². The second kappa shape index (κ2) is 34.5. The topological polar surface area (TPSA) is 317 Å². The molecular weight excluding hydrogens is 930 g/mol. The molecule has 1 unspecified atom stereocenters. The third kappa shape index (κ3) is 26.0. The van der Waals surface area contributed by atoms with Crippen molar-refractivity contribution in [3.05, 3.63) is 36.5 Å². The minimum atomic E-state index is -5.76. The van der Waals surface area contributed by atoms with Gasteiger partial charge in [0.2, 0.25) is 0 Å². The van der Waals surface area contributed by atoms with E-state index in [1.807, 2.05) is 6.92 Å². The standard InChI is InChI=1S/C47H84O19P2/c1-3-5-7-8-9-10-11-12-13-14-15-16-17-18-23-27-40(51)62-32-35-33-63-68(60,61)66-47-45(56)44(55)42(53)36(26-22-19-20-24-28-41(52)64-35)38(49)31-39(50)37(30-29-34(48)25-21-6-4-2)43(54)46(47)65-67(57,58)59/h9-10,12-13,29-30,34-39,42-50,53-56H,3-8,11,14-28,31-33H2,1-2H3,(H,60,61)(H2,57,58,59)/b10-9-,13-12-,30-29?/t34-,35+,36-,37-,38-,39+,42+,43+,44-,45+,46+,47-/m0/s1. The zero-order chi connectivity index (χ0) is 50.5. The molecule has 1 saturated heterocycles. The zero-order valence-corrected chi connectivity index (χ0v) is 41.9. The molecule has 21 heteroatoms. The normalized spacial score (nSPS) is 31.7. The van der Waals surface area contributed by atoms with Crippen molar-refractivity contribution in [3.8, 4) is 0 Å². The van der Waals surface area contributed by atoms with E-state index in [0.29, 0.717) is 38.5 Å². The van der Waals surface area contributed by atoms with Gasteiger partial charge in [-0.1, -0.05) is 121 Å². The largest absolute Gasteiger partial charge is 0.472 e. The second-order valence-electron chi connectivity index (χ2n) is 18.1. The Morgan fingerprint density at radius 3 is 2.12 bits per heavy atom. The number of unbranched alkanes of at least 4 members (excludes halogenated alkanes) is 10. The van der Waals surface area contributed by atoms with Gasteiger partial charge in [-0.25, -0.2) is 9.13 Å². The summed E-state index contributed by atoms with van der Waals surface area (Å²) in [5, 5.41) is 79.8. The maximum Gasteiger partial charge on any atom is 0.472 e. The molecule has 10 N–H and O–H groups in total. The van der Waals surface area contributed by atoms with E-state index in [1.165, 1.54) is 25.3 Å². The predicted molar refractivity (Wildman–Crippen MR) is 252 cm³/mol. The van der Waals surface area contributed by atoms with E-state index < -0.39 is 120 Å². The highest BCUT2D eigenvalue weighted by Crippen LogP contribution is 2.50. The summed E-state index contributed by atoms with van der Waals surface area (Å²) >= 11 is 0. The summed E-state index contributed by atoms with van der Waals surface area (Å²) in [6, 6.07) is 0. The van der Waals surface area contributed by atoms with Crippen LogP contribution in [0, 0.1) is 11.8 Å². The number of ether oxygens (including phenoxy) is 2. The monoisotopic (exact) mass is 1010 g/mol. The van der Waals surface area contributed by atoms with Crippen LogP contribution >= 0.6 is 15.6 Å². The highest BCUT2D eigenvalue weighted by molar-refractivity contribution is 7.47. The number of hydrogen-bond acceptors (Lipinski definition) is 16. The molecule has 1 heterocycles.